The number of nitrogens with zero attached hydrogens (tertiary/aromatic N) is 2. The minimum absolute atomic E-state index is 0.255. The van der Waals surface area contributed by atoms with E-state index >= 15 is 0 Å². The molecule has 0 spiro atoms. The standard InChI is InChI=1S/C21H14F2N2/c22-18-6-4-15(5-7-18)16-2-1-3-17(14-16)21-12-13-24-25(21)20-10-8-19(23)9-11-20/h1-14H. The molecule has 0 fully saturated rings. The van der Waals surface area contributed by atoms with Gasteiger partial charge in [0.2, 0.25) is 0 Å². The Bertz CT molecular complexity index is 1000. The maximum Gasteiger partial charge on any atom is 0.123 e. The third kappa shape index (κ3) is 3.06. The first-order chi connectivity index (χ1) is 12.2. The first-order valence-electron chi connectivity index (χ1n) is 7.87. The van der Waals surface area contributed by atoms with Gasteiger partial charge in [-0.3, -0.25) is 0 Å². The molecule has 0 aliphatic rings. The highest BCUT2D eigenvalue weighted by Crippen LogP contribution is 2.28. The van der Waals surface area contributed by atoms with E-state index in [2.05, 4.69) is 5.10 Å². The van der Waals surface area contributed by atoms with Crippen molar-refractivity contribution in [3.8, 4) is 28.1 Å². The highest BCUT2D eigenvalue weighted by Gasteiger charge is 2.09. The van der Waals surface area contributed by atoms with E-state index in [1.54, 1.807) is 35.1 Å². The Labute approximate surface area is 144 Å². The largest absolute Gasteiger partial charge is 0.233 e. The van der Waals surface area contributed by atoms with Crippen LogP contribution in [-0.4, -0.2) is 9.78 Å². The molecule has 1 aromatic heterocycles. The summed E-state index contributed by atoms with van der Waals surface area (Å²) in [6.45, 7) is 0. The molecule has 4 heteroatoms. The number of halogens is 2. The Morgan fingerprint density at radius 2 is 1.28 bits per heavy atom. The lowest BCUT2D eigenvalue weighted by Gasteiger charge is -2.09. The van der Waals surface area contributed by atoms with Gasteiger partial charge in [-0.2, -0.15) is 5.10 Å². The van der Waals surface area contributed by atoms with Gasteiger partial charge < -0.3 is 0 Å². The molecule has 0 aliphatic heterocycles. The zero-order valence-electron chi connectivity index (χ0n) is 13.2. The van der Waals surface area contributed by atoms with Crippen LogP contribution in [0.25, 0.3) is 28.1 Å². The lowest BCUT2D eigenvalue weighted by atomic mass is 10.0. The second kappa shape index (κ2) is 6.32. The minimum atomic E-state index is -0.282. The Morgan fingerprint density at radius 3 is 2.00 bits per heavy atom. The van der Waals surface area contributed by atoms with Crippen LogP contribution in [0.5, 0.6) is 0 Å². The number of rotatable bonds is 3. The zero-order chi connectivity index (χ0) is 17.2. The van der Waals surface area contributed by atoms with E-state index in [1.807, 2.05) is 30.3 Å². The Balaban J connectivity index is 1.76. The van der Waals surface area contributed by atoms with Crippen LogP contribution < -0.4 is 0 Å². The van der Waals surface area contributed by atoms with Gasteiger partial charge in [0.25, 0.3) is 0 Å². The average molecular weight is 332 g/mol. The SMILES string of the molecule is Fc1ccc(-c2cccc(-c3ccnn3-c3ccc(F)cc3)c2)cc1. The van der Waals surface area contributed by atoms with Gasteiger partial charge in [-0.1, -0.05) is 30.3 Å². The fraction of sp³-hybridized carbons (Fsp3) is 0. The highest BCUT2D eigenvalue weighted by molar-refractivity contribution is 5.72. The van der Waals surface area contributed by atoms with Crippen molar-refractivity contribution < 1.29 is 8.78 Å². The third-order valence-corrected chi connectivity index (χ3v) is 4.05. The summed E-state index contributed by atoms with van der Waals surface area (Å²) in [5, 5.41) is 4.35. The van der Waals surface area contributed by atoms with Gasteiger partial charge in [-0.15, -0.1) is 0 Å². The Morgan fingerprint density at radius 1 is 0.640 bits per heavy atom. The Hall–Kier alpha value is -3.27. The van der Waals surface area contributed by atoms with Crippen LogP contribution in [0.1, 0.15) is 0 Å². The molecule has 2 nitrogen and oxygen atoms in total. The first-order valence-corrected chi connectivity index (χ1v) is 7.87. The van der Waals surface area contributed by atoms with Crippen molar-refractivity contribution in [1.29, 1.82) is 0 Å². The van der Waals surface area contributed by atoms with Crippen LogP contribution in [0.3, 0.4) is 0 Å². The number of aromatic nitrogens is 2. The van der Waals surface area contributed by atoms with Crippen LogP contribution in [0.15, 0.2) is 85.1 Å². The monoisotopic (exact) mass is 332 g/mol. The number of hydrogen-bond acceptors (Lipinski definition) is 1. The topological polar surface area (TPSA) is 17.8 Å². The molecule has 0 aliphatic carbocycles. The second-order valence-electron chi connectivity index (χ2n) is 5.69. The third-order valence-electron chi connectivity index (χ3n) is 4.05. The van der Waals surface area contributed by atoms with Crippen LogP contribution in [-0.2, 0) is 0 Å². The van der Waals surface area contributed by atoms with E-state index in [9.17, 15) is 8.78 Å². The summed E-state index contributed by atoms with van der Waals surface area (Å²) in [4.78, 5) is 0. The van der Waals surface area contributed by atoms with Crippen molar-refractivity contribution in [3.05, 3.63) is 96.7 Å². The molecule has 1 heterocycles. The summed E-state index contributed by atoms with van der Waals surface area (Å²) in [7, 11) is 0. The maximum atomic E-state index is 13.2. The molecule has 122 valence electrons. The summed E-state index contributed by atoms with van der Waals surface area (Å²) < 4.78 is 28.1. The first kappa shape index (κ1) is 15.3. The predicted molar refractivity (Wildman–Crippen MR) is 94.4 cm³/mol. The molecule has 0 N–H and O–H groups in total. The van der Waals surface area contributed by atoms with Gasteiger partial charge in [0.05, 0.1) is 17.6 Å². The van der Waals surface area contributed by atoms with Crippen molar-refractivity contribution in [3.63, 3.8) is 0 Å². The molecule has 3 aromatic carbocycles. The van der Waals surface area contributed by atoms with E-state index in [0.29, 0.717) is 0 Å². The molecule has 0 atom stereocenters. The molecule has 0 radical (unpaired) electrons. The molecular formula is C21H14F2N2. The van der Waals surface area contributed by atoms with Gasteiger partial charge in [0.15, 0.2) is 0 Å². The van der Waals surface area contributed by atoms with Gasteiger partial charge in [0, 0.05) is 5.56 Å². The van der Waals surface area contributed by atoms with Crippen molar-refractivity contribution in [2.45, 2.75) is 0 Å². The zero-order valence-corrected chi connectivity index (χ0v) is 13.2. The van der Waals surface area contributed by atoms with Crippen molar-refractivity contribution in [1.82, 2.24) is 9.78 Å². The normalized spacial score (nSPS) is 10.8. The van der Waals surface area contributed by atoms with Crippen LogP contribution >= 0.6 is 0 Å². The van der Waals surface area contributed by atoms with E-state index in [4.69, 9.17) is 0 Å². The van der Waals surface area contributed by atoms with Gasteiger partial charge in [0.1, 0.15) is 11.6 Å². The molecule has 0 saturated heterocycles. The van der Waals surface area contributed by atoms with Crippen molar-refractivity contribution >= 4 is 0 Å². The molecule has 4 rings (SSSR count). The van der Waals surface area contributed by atoms with Crippen LogP contribution in [0, 0.1) is 11.6 Å². The quantitative estimate of drug-likeness (QED) is 0.485. The summed E-state index contributed by atoms with van der Waals surface area (Å²) >= 11 is 0. The molecule has 4 aromatic rings. The van der Waals surface area contributed by atoms with Gasteiger partial charge >= 0.3 is 0 Å². The molecule has 0 unspecified atom stereocenters. The molecule has 0 bridgehead atoms. The minimum Gasteiger partial charge on any atom is -0.233 e. The lowest BCUT2D eigenvalue weighted by Crippen LogP contribution is -1.98. The van der Waals surface area contributed by atoms with E-state index < -0.39 is 0 Å². The smallest absolute Gasteiger partial charge is 0.123 e. The summed E-state index contributed by atoms with van der Waals surface area (Å²) in [5.74, 6) is -0.537. The molecule has 25 heavy (non-hydrogen) atoms. The molecule has 0 amide bonds. The fourth-order valence-electron chi connectivity index (χ4n) is 2.81. The van der Waals surface area contributed by atoms with Crippen molar-refractivity contribution in [2.24, 2.45) is 0 Å². The number of benzene rings is 3. The second-order valence-corrected chi connectivity index (χ2v) is 5.69. The summed E-state index contributed by atoms with van der Waals surface area (Å²) in [6.07, 6.45) is 1.71. The summed E-state index contributed by atoms with van der Waals surface area (Å²) in [6, 6.07) is 22.5. The highest BCUT2D eigenvalue weighted by atomic mass is 19.1. The predicted octanol–water partition coefficient (Wildman–Crippen LogP) is 5.48. The Kier molecular flexibility index (Phi) is 3.86. The van der Waals surface area contributed by atoms with Gasteiger partial charge in [-0.25, -0.2) is 13.5 Å². The fourth-order valence-corrected chi connectivity index (χ4v) is 2.81. The number of hydrogen-bond donors (Lipinski definition) is 0. The van der Waals surface area contributed by atoms with E-state index in [-0.39, 0.29) is 11.6 Å². The lowest BCUT2D eigenvalue weighted by molar-refractivity contribution is 0.627. The molecular weight excluding hydrogens is 318 g/mol. The van der Waals surface area contributed by atoms with Crippen molar-refractivity contribution in [2.75, 3.05) is 0 Å². The van der Waals surface area contributed by atoms with Crippen LogP contribution in [0.2, 0.25) is 0 Å². The van der Waals surface area contributed by atoms with Crippen LogP contribution in [0.4, 0.5) is 8.78 Å². The van der Waals surface area contributed by atoms with E-state index in [0.717, 1.165) is 28.1 Å². The van der Waals surface area contributed by atoms with E-state index in [1.165, 1.54) is 24.3 Å². The average Bonchev–Trinajstić information content (AvgIpc) is 3.13. The molecule has 0 saturated carbocycles. The van der Waals surface area contributed by atoms with Gasteiger partial charge in [-0.05, 0) is 59.7 Å². The maximum absolute atomic E-state index is 13.2. The summed E-state index contributed by atoms with van der Waals surface area (Å²) in [5.41, 5.74) is 4.59.